The number of hydrogen-bond donors (Lipinski definition) is 2. The van der Waals surface area contributed by atoms with Crippen molar-refractivity contribution in [3.8, 4) is 17.6 Å². The molecule has 0 radical (unpaired) electrons. The van der Waals surface area contributed by atoms with Gasteiger partial charge in [-0.15, -0.1) is 0 Å². The molecule has 0 unspecified atom stereocenters. The highest BCUT2D eigenvalue weighted by Crippen LogP contribution is 2.29. The molecule has 0 aliphatic heterocycles. The van der Waals surface area contributed by atoms with Gasteiger partial charge in [-0.25, -0.2) is 4.99 Å². The van der Waals surface area contributed by atoms with Crippen molar-refractivity contribution in [3.05, 3.63) is 58.6 Å². The fourth-order valence-electron chi connectivity index (χ4n) is 1.97. The molecular weight excluding hydrogens is 367 g/mol. The van der Waals surface area contributed by atoms with Crippen LogP contribution in [0.1, 0.15) is 11.1 Å². The summed E-state index contributed by atoms with van der Waals surface area (Å²) in [7, 11) is 1.51. The van der Waals surface area contributed by atoms with Crippen LogP contribution in [0, 0.1) is 11.8 Å². The van der Waals surface area contributed by atoms with Crippen LogP contribution >= 0.6 is 11.6 Å². The Bertz CT molecular complexity index is 870. The molecule has 0 saturated heterocycles. The van der Waals surface area contributed by atoms with Gasteiger partial charge >= 0.3 is 6.18 Å². The van der Waals surface area contributed by atoms with Crippen LogP contribution in [-0.4, -0.2) is 19.6 Å². The highest BCUT2D eigenvalue weighted by atomic mass is 35.5. The van der Waals surface area contributed by atoms with E-state index in [9.17, 15) is 13.2 Å². The fourth-order valence-corrected chi connectivity index (χ4v) is 2.23. The van der Waals surface area contributed by atoms with Crippen molar-refractivity contribution >= 4 is 23.2 Å². The fraction of sp³-hybridized carbons (Fsp3) is 0.167. The molecule has 2 aromatic carbocycles. The molecule has 136 valence electrons. The second-order valence-electron chi connectivity index (χ2n) is 5.06. The number of nitrogens with two attached hydrogens (primary N) is 1. The van der Waals surface area contributed by atoms with Crippen molar-refractivity contribution in [2.24, 2.45) is 10.7 Å². The van der Waals surface area contributed by atoms with Crippen molar-refractivity contribution in [2.45, 2.75) is 6.18 Å². The maximum atomic E-state index is 12.6. The summed E-state index contributed by atoms with van der Waals surface area (Å²) in [5, 5.41) is 3.24. The predicted octanol–water partition coefficient (Wildman–Crippen LogP) is 4.15. The van der Waals surface area contributed by atoms with Crippen LogP contribution in [0.2, 0.25) is 5.02 Å². The van der Waals surface area contributed by atoms with E-state index >= 15 is 0 Å². The third-order valence-electron chi connectivity index (χ3n) is 3.18. The number of rotatable bonds is 3. The van der Waals surface area contributed by atoms with Gasteiger partial charge in [-0.05, 0) is 36.4 Å². The van der Waals surface area contributed by atoms with E-state index in [0.29, 0.717) is 16.5 Å². The Labute approximate surface area is 153 Å². The molecule has 0 aliphatic carbocycles. The van der Waals surface area contributed by atoms with Gasteiger partial charge in [-0.3, -0.25) is 0 Å². The molecule has 0 bridgehead atoms. The quantitative estimate of drug-likeness (QED) is 0.477. The Hall–Kier alpha value is -2.85. The summed E-state index contributed by atoms with van der Waals surface area (Å²) in [6.45, 7) is 0.0268. The molecule has 3 N–H and O–H groups in total. The lowest BCUT2D eigenvalue weighted by molar-refractivity contribution is -0.137. The van der Waals surface area contributed by atoms with E-state index in [4.69, 9.17) is 22.1 Å². The average Bonchev–Trinajstić information content (AvgIpc) is 2.58. The first-order chi connectivity index (χ1) is 12.3. The Morgan fingerprint density at radius 3 is 2.69 bits per heavy atom. The SMILES string of the molecule is COc1ccc(NC(N)=NCC#Cc2cccc(C(F)(F)F)c2)cc1Cl. The molecule has 2 rings (SSSR count). The lowest BCUT2D eigenvalue weighted by Crippen LogP contribution is -2.22. The van der Waals surface area contributed by atoms with Crippen LogP contribution in [0.25, 0.3) is 0 Å². The number of halogens is 4. The highest BCUT2D eigenvalue weighted by molar-refractivity contribution is 6.32. The number of benzene rings is 2. The molecule has 0 saturated carbocycles. The Kier molecular flexibility index (Phi) is 6.36. The molecule has 0 aromatic heterocycles. The topological polar surface area (TPSA) is 59.6 Å². The Morgan fingerprint density at radius 2 is 2.04 bits per heavy atom. The minimum Gasteiger partial charge on any atom is -0.495 e. The molecule has 0 atom stereocenters. The van der Waals surface area contributed by atoms with Gasteiger partial charge in [0.25, 0.3) is 0 Å². The largest absolute Gasteiger partial charge is 0.495 e. The molecule has 4 nitrogen and oxygen atoms in total. The molecular formula is C18H15ClF3N3O. The van der Waals surface area contributed by atoms with E-state index < -0.39 is 11.7 Å². The van der Waals surface area contributed by atoms with E-state index in [2.05, 4.69) is 22.2 Å². The molecule has 2 aromatic rings. The van der Waals surface area contributed by atoms with Gasteiger partial charge in [-0.1, -0.05) is 29.5 Å². The second-order valence-corrected chi connectivity index (χ2v) is 5.46. The number of hydrogen-bond acceptors (Lipinski definition) is 2. The van der Waals surface area contributed by atoms with E-state index in [1.54, 1.807) is 18.2 Å². The first-order valence-electron chi connectivity index (χ1n) is 7.36. The first kappa shape index (κ1) is 19.5. The van der Waals surface area contributed by atoms with Gasteiger partial charge in [0.2, 0.25) is 0 Å². The van der Waals surface area contributed by atoms with Gasteiger partial charge in [0.15, 0.2) is 5.96 Å². The third-order valence-corrected chi connectivity index (χ3v) is 3.47. The summed E-state index contributed by atoms with van der Waals surface area (Å²) >= 11 is 6.00. The first-order valence-corrected chi connectivity index (χ1v) is 7.74. The van der Waals surface area contributed by atoms with Crippen LogP contribution < -0.4 is 15.8 Å². The van der Waals surface area contributed by atoms with Crippen molar-refractivity contribution < 1.29 is 17.9 Å². The number of nitrogens with zero attached hydrogens (tertiary/aromatic N) is 1. The zero-order valence-electron chi connectivity index (χ0n) is 13.7. The molecule has 0 amide bonds. The smallest absolute Gasteiger partial charge is 0.416 e. The van der Waals surface area contributed by atoms with Crippen molar-refractivity contribution in [1.29, 1.82) is 0 Å². The standard InChI is InChI=1S/C18H15ClF3N3O/c1-26-16-8-7-14(11-15(16)19)25-17(23)24-9-3-5-12-4-2-6-13(10-12)18(20,21)22/h2,4,6-8,10-11H,9H2,1H3,(H3,23,24,25). The minimum atomic E-state index is -4.40. The molecule has 0 spiro atoms. The number of alkyl halides is 3. The van der Waals surface area contributed by atoms with Gasteiger partial charge in [0.05, 0.1) is 17.7 Å². The van der Waals surface area contributed by atoms with Gasteiger partial charge < -0.3 is 15.8 Å². The van der Waals surface area contributed by atoms with E-state index in [1.165, 1.54) is 19.2 Å². The van der Waals surface area contributed by atoms with Crippen LogP contribution in [0.3, 0.4) is 0 Å². The van der Waals surface area contributed by atoms with Gasteiger partial charge in [0, 0.05) is 11.3 Å². The summed E-state index contributed by atoms with van der Waals surface area (Å²) in [5.41, 5.74) is 5.86. The Balaban J connectivity index is 1.98. The van der Waals surface area contributed by atoms with E-state index in [0.717, 1.165) is 12.1 Å². The second kappa shape index (κ2) is 8.50. The van der Waals surface area contributed by atoms with E-state index in [-0.39, 0.29) is 18.1 Å². The predicted molar refractivity (Wildman–Crippen MR) is 96.4 cm³/mol. The van der Waals surface area contributed by atoms with Crippen LogP contribution in [0.15, 0.2) is 47.5 Å². The van der Waals surface area contributed by atoms with Crippen LogP contribution in [0.5, 0.6) is 5.75 Å². The zero-order valence-corrected chi connectivity index (χ0v) is 14.4. The Morgan fingerprint density at radius 1 is 1.27 bits per heavy atom. The third kappa shape index (κ3) is 5.60. The highest BCUT2D eigenvalue weighted by Gasteiger charge is 2.30. The lowest BCUT2D eigenvalue weighted by atomic mass is 10.1. The van der Waals surface area contributed by atoms with Gasteiger partial charge in [-0.2, -0.15) is 13.2 Å². The number of anilines is 1. The summed E-state index contributed by atoms with van der Waals surface area (Å²) in [5.74, 6) is 5.91. The monoisotopic (exact) mass is 381 g/mol. The summed E-state index contributed by atoms with van der Waals surface area (Å²) in [6.07, 6.45) is -4.40. The number of aliphatic imine (C=N–C) groups is 1. The number of methoxy groups -OCH3 is 1. The number of ether oxygens (including phenoxy) is 1. The average molecular weight is 382 g/mol. The van der Waals surface area contributed by atoms with Crippen LogP contribution in [0.4, 0.5) is 18.9 Å². The number of guanidine groups is 1. The zero-order chi connectivity index (χ0) is 19.2. The summed E-state index contributed by atoms with van der Waals surface area (Å²) in [4.78, 5) is 3.99. The van der Waals surface area contributed by atoms with Crippen molar-refractivity contribution in [2.75, 3.05) is 19.0 Å². The molecule has 8 heteroatoms. The van der Waals surface area contributed by atoms with Gasteiger partial charge in [0.1, 0.15) is 12.3 Å². The summed E-state index contributed by atoms with van der Waals surface area (Å²) in [6, 6.07) is 9.78. The van der Waals surface area contributed by atoms with Crippen molar-refractivity contribution in [1.82, 2.24) is 0 Å². The van der Waals surface area contributed by atoms with Crippen LogP contribution in [-0.2, 0) is 6.18 Å². The molecule has 0 fully saturated rings. The molecule has 26 heavy (non-hydrogen) atoms. The maximum absolute atomic E-state index is 12.6. The van der Waals surface area contributed by atoms with Crippen molar-refractivity contribution in [3.63, 3.8) is 0 Å². The summed E-state index contributed by atoms with van der Waals surface area (Å²) < 4.78 is 42.9. The minimum absolute atomic E-state index is 0.0268. The van der Waals surface area contributed by atoms with E-state index in [1.807, 2.05) is 0 Å². The lowest BCUT2D eigenvalue weighted by Gasteiger charge is -2.07. The molecule has 0 heterocycles. The maximum Gasteiger partial charge on any atom is 0.416 e. The molecule has 0 aliphatic rings. The normalized spacial score (nSPS) is 11.5. The number of nitrogens with one attached hydrogen (secondary N) is 1.